The molecule has 1 aromatic carbocycles. The number of carboxylic acid groups (broad SMARTS) is 1. The third-order valence-electron chi connectivity index (χ3n) is 2.02. The van der Waals surface area contributed by atoms with E-state index in [0.29, 0.717) is 11.4 Å². The molecule has 0 bridgehead atoms. The highest BCUT2D eigenvalue weighted by molar-refractivity contribution is 5.88. The Labute approximate surface area is 97.5 Å². The first kappa shape index (κ1) is 10.9. The van der Waals surface area contributed by atoms with Crippen molar-refractivity contribution in [1.82, 2.24) is 4.98 Å². The minimum absolute atomic E-state index is 0.188. The Morgan fingerprint density at radius 1 is 1.12 bits per heavy atom. The fourth-order valence-corrected chi connectivity index (χ4v) is 1.23. The second-order valence-corrected chi connectivity index (χ2v) is 3.27. The molecule has 2 aromatic rings. The highest BCUT2D eigenvalue weighted by Crippen LogP contribution is 2.18. The normalized spacial score (nSPS) is 10.6. The summed E-state index contributed by atoms with van der Waals surface area (Å²) >= 11 is 0. The second-order valence-electron chi connectivity index (χ2n) is 3.27. The number of benzene rings is 1. The van der Waals surface area contributed by atoms with Crippen molar-refractivity contribution >= 4 is 17.3 Å². The van der Waals surface area contributed by atoms with Crippen molar-refractivity contribution < 1.29 is 9.90 Å². The zero-order valence-electron chi connectivity index (χ0n) is 8.82. The first-order valence-corrected chi connectivity index (χ1v) is 4.91. The van der Waals surface area contributed by atoms with Crippen LogP contribution in [-0.2, 0) is 0 Å². The standard InChI is InChI=1S/C12H9N3O2/c16-12(17)9-3-1-4-10(7-9)14-15-11-5-2-6-13-8-11/h1-8H,(H,16,17). The van der Waals surface area contributed by atoms with Gasteiger partial charge in [-0.1, -0.05) is 6.07 Å². The molecule has 0 amide bonds. The van der Waals surface area contributed by atoms with Crippen molar-refractivity contribution in [2.24, 2.45) is 10.2 Å². The molecule has 0 saturated heterocycles. The molecule has 5 heteroatoms. The summed E-state index contributed by atoms with van der Waals surface area (Å²) in [7, 11) is 0. The molecule has 0 radical (unpaired) electrons. The lowest BCUT2D eigenvalue weighted by molar-refractivity contribution is 0.0697. The van der Waals surface area contributed by atoms with Crippen molar-refractivity contribution in [3.8, 4) is 0 Å². The number of carboxylic acids is 1. The molecule has 0 aliphatic carbocycles. The third kappa shape index (κ3) is 2.94. The van der Waals surface area contributed by atoms with Gasteiger partial charge in [-0.15, -0.1) is 5.11 Å². The molecular formula is C12H9N3O2. The van der Waals surface area contributed by atoms with E-state index in [2.05, 4.69) is 15.2 Å². The van der Waals surface area contributed by atoms with Crippen LogP contribution in [0.3, 0.4) is 0 Å². The van der Waals surface area contributed by atoms with E-state index >= 15 is 0 Å². The quantitative estimate of drug-likeness (QED) is 0.818. The number of aromatic carboxylic acids is 1. The van der Waals surface area contributed by atoms with Gasteiger partial charge in [0.2, 0.25) is 0 Å². The first-order chi connectivity index (χ1) is 8.25. The van der Waals surface area contributed by atoms with Gasteiger partial charge < -0.3 is 5.11 Å². The van der Waals surface area contributed by atoms with E-state index in [4.69, 9.17) is 5.11 Å². The van der Waals surface area contributed by atoms with Crippen LogP contribution in [0.4, 0.5) is 11.4 Å². The van der Waals surface area contributed by atoms with E-state index in [-0.39, 0.29) is 5.56 Å². The van der Waals surface area contributed by atoms with Crippen molar-refractivity contribution in [3.05, 3.63) is 54.4 Å². The predicted octanol–water partition coefficient (Wildman–Crippen LogP) is 3.20. The number of carbonyl (C=O) groups is 1. The van der Waals surface area contributed by atoms with Crippen LogP contribution in [0.15, 0.2) is 59.0 Å². The number of aromatic nitrogens is 1. The average molecular weight is 227 g/mol. The summed E-state index contributed by atoms with van der Waals surface area (Å²) in [6.07, 6.45) is 3.22. The van der Waals surface area contributed by atoms with Crippen LogP contribution in [0, 0.1) is 0 Å². The van der Waals surface area contributed by atoms with Crippen molar-refractivity contribution in [2.45, 2.75) is 0 Å². The Balaban J connectivity index is 2.22. The number of nitrogens with zero attached hydrogens (tertiary/aromatic N) is 3. The van der Waals surface area contributed by atoms with E-state index < -0.39 is 5.97 Å². The molecule has 1 N–H and O–H groups in total. The predicted molar refractivity (Wildman–Crippen MR) is 61.8 cm³/mol. The Kier molecular flexibility index (Phi) is 3.20. The molecular weight excluding hydrogens is 218 g/mol. The Morgan fingerprint density at radius 3 is 2.59 bits per heavy atom. The van der Waals surface area contributed by atoms with Crippen LogP contribution in [0.1, 0.15) is 10.4 Å². The topological polar surface area (TPSA) is 74.9 Å². The number of azo groups is 1. The van der Waals surface area contributed by atoms with E-state index in [9.17, 15) is 4.79 Å². The summed E-state index contributed by atoms with van der Waals surface area (Å²) in [4.78, 5) is 14.6. The summed E-state index contributed by atoms with van der Waals surface area (Å²) in [5, 5.41) is 16.7. The summed E-state index contributed by atoms with van der Waals surface area (Å²) in [6, 6.07) is 9.79. The molecule has 0 spiro atoms. The van der Waals surface area contributed by atoms with Gasteiger partial charge in [-0.2, -0.15) is 5.11 Å². The van der Waals surface area contributed by atoms with Crippen LogP contribution < -0.4 is 0 Å². The molecule has 17 heavy (non-hydrogen) atoms. The molecule has 5 nitrogen and oxygen atoms in total. The molecule has 0 unspecified atom stereocenters. The zero-order chi connectivity index (χ0) is 12.1. The molecule has 1 heterocycles. The van der Waals surface area contributed by atoms with Crippen LogP contribution in [0.25, 0.3) is 0 Å². The van der Waals surface area contributed by atoms with Crippen LogP contribution in [-0.4, -0.2) is 16.1 Å². The molecule has 0 aliphatic heterocycles. The lowest BCUT2D eigenvalue weighted by Gasteiger charge is -1.95. The largest absolute Gasteiger partial charge is 0.478 e. The van der Waals surface area contributed by atoms with Gasteiger partial charge in [0.05, 0.1) is 17.4 Å². The fraction of sp³-hybridized carbons (Fsp3) is 0. The highest BCUT2D eigenvalue weighted by atomic mass is 16.4. The minimum Gasteiger partial charge on any atom is -0.478 e. The van der Waals surface area contributed by atoms with Gasteiger partial charge in [0.1, 0.15) is 5.69 Å². The first-order valence-electron chi connectivity index (χ1n) is 4.91. The molecule has 0 aliphatic rings. The smallest absolute Gasteiger partial charge is 0.335 e. The Hall–Kier alpha value is -2.56. The van der Waals surface area contributed by atoms with Crippen LogP contribution in [0.2, 0.25) is 0 Å². The number of pyridine rings is 1. The van der Waals surface area contributed by atoms with Gasteiger partial charge in [-0.05, 0) is 30.3 Å². The number of hydrogen-bond acceptors (Lipinski definition) is 4. The zero-order valence-corrected chi connectivity index (χ0v) is 8.82. The van der Waals surface area contributed by atoms with Crippen LogP contribution >= 0.6 is 0 Å². The van der Waals surface area contributed by atoms with Gasteiger partial charge in [-0.25, -0.2) is 4.79 Å². The number of rotatable bonds is 3. The molecule has 2 rings (SSSR count). The lowest BCUT2D eigenvalue weighted by atomic mass is 10.2. The maximum atomic E-state index is 10.7. The summed E-state index contributed by atoms with van der Waals surface area (Å²) in [5.41, 5.74) is 1.30. The summed E-state index contributed by atoms with van der Waals surface area (Å²) in [6.45, 7) is 0. The van der Waals surface area contributed by atoms with Crippen molar-refractivity contribution in [1.29, 1.82) is 0 Å². The monoisotopic (exact) mass is 227 g/mol. The van der Waals surface area contributed by atoms with Crippen molar-refractivity contribution in [3.63, 3.8) is 0 Å². The maximum Gasteiger partial charge on any atom is 0.335 e. The van der Waals surface area contributed by atoms with Gasteiger partial charge in [0, 0.05) is 6.20 Å². The van der Waals surface area contributed by atoms with E-state index in [1.165, 1.54) is 12.1 Å². The lowest BCUT2D eigenvalue weighted by Crippen LogP contribution is -1.94. The summed E-state index contributed by atoms with van der Waals surface area (Å²) in [5.74, 6) is -0.983. The van der Waals surface area contributed by atoms with Gasteiger partial charge in [0.15, 0.2) is 0 Å². The third-order valence-corrected chi connectivity index (χ3v) is 2.02. The van der Waals surface area contributed by atoms with E-state index in [1.54, 1.807) is 36.7 Å². The Morgan fingerprint density at radius 2 is 1.88 bits per heavy atom. The Bertz CT molecular complexity index is 553. The van der Waals surface area contributed by atoms with Crippen molar-refractivity contribution in [2.75, 3.05) is 0 Å². The molecule has 84 valence electrons. The van der Waals surface area contributed by atoms with Gasteiger partial charge >= 0.3 is 5.97 Å². The van der Waals surface area contributed by atoms with Crippen LogP contribution in [0.5, 0.6) is 0 Å². The van der Waals surface area contributed by atoms with E-state index in [0.717, 1.165) is 0 Å². The minimum atomic E-state index is -0.983. The second kappa shape index (κ2) is 4.98. The SMILES string of the molecule is O=C(O)c1cccc(N=Nc2cccnc2)c1. The molecule has 0 fully saturated rings. The number of hydrogen-bond donors (Lipinski definition) is 1. The molecule has 1 aromatic heterocycles. The average Bonchev–Trinajstić information content (AvgIpc) is 2.38. The maximum absolute atomic E-state index is 10.7. The molecule has 0 atom stereocenters. The summed E-state index contributed by atoms with van der Waals surface area (Å²) < 4.78 is 0. The van der Waals surface area contributed by atoms with Gasteiger partial charge in [0.25, 0.3) is 0 Å². The fourth-order valence-electron chi connectivity index (χ4n) is 1.23. The molecule has 0 saturated carbocycles. The van der Waals surface area contributed by atoms with Gasteiger partial charge in [-0.3, -0.25) is 4.98 Å². The van der Waals surface area contributed by atoms with E-state index in [1.807, 2.05) is 0 Å². The highest BCUT2D eigenvalue weighted by Gasteiger charge is 2.02.